The van der Waals surface area contributed by atoms with E-state index < -0.39 is 5.60 Å². The van der Waals surface area contributed by atoms with Crippen molar-refractivity contribution in [2.24, 2.45) is 0 Å². The normalized spacial score (nSPS) is 15.9. The SMILES string of the molecule is CC(C)(C)OC(=O)N1CC(Nc2ccc(I)cn2)C1. The molecule has 0 atom stereocenters. The molecule has 1 saturated heterocycles. The van der Waals surface area contributed by atoms with Crippen molar-refractivity contribution < 1.29 is 9.53 Å². The topological polar surface area (TPSA) is 54.5 Å². The van der Waals surface area contributed by atoms with Gasteiger partial charge in [-0.2, -0.15) is 0 Å². The van der Waals surface area contributed by atoms with Crippen molar-refractivity contribution in [3.05, 3.63) is 21.9 Å². The first-order valence-electron chi connectivity index (χ1n) is 6.19. The summed E-state index contributed by atoms with van der Waals surface area (Å²) in [6.45, 7) is 6.92. The molecule has 1 aromatic rings. The summed E-state index contributed by atoms with van der Waals surface area (Å²) in [5.74, 6) is 0.842. The minimum Gasteiger partial charge on any atom is -0.444 e. The molecule has 1 aliphatic heterocycles. The molecule has 0 bridgehead atoms. The van der Waals surface area contributed by atoms with Crippen molar-refractivity contribution in [3.63, 3.8) is 0 Å². The van der Waals surface area contributed by atoms with E-state index in [1.54, 1.807) is 4.90 Å². The van der Waals surface area contributed by atoms with Gasteiger partial charge >= 0.3 is 6.09 Å². The van der Waals surface area contributed by atoms with Gasteiger partial charge in [-0.25, -0.2) is 9.78 Å². The Hall–Kier alpha value is -1.05. The summed E-state index contributed by atoms with van der Waals surface area (Å²) in [5, 5.41) is 3.29. The van der Waals surface area contributed by atoms with Crippen LogP contribution in [-0.2, 0) is 4.74 Å². The number of amides is 1. The molecule has 6 heteroatoms. The van der Waals surface area contributed by atoms with Gasteiger partial charge in [0.25, 0.3) is 0 Å². The first-order chi connectivity index (χ1) is 8.83. The van der Waals surface area contributed by atoms with Gasteiger partial charge in [-0.3, -0.25) is 0 Å². The van der Waals surface area contributed by atoms with Gasteiger partial charge in [-0.1, -0.05) is 0 Å². The number of rotatable bonds is 2. The van der Waals surface area contributed by atoms with E-state index in [1.165, 1.54) is 0 Å². The van der Waals surface area contributed by atoms with Crippen LogP contribution in [0.2, 0.25) is 0 Å². The van der Waals surface area contributed by atoms with Crippen LogP contribution >= 0.6 is 22.6 Å². The van der Waals surface area contributed by atoms with Gasteiger partial charge in [0.15, 0.2) is 0 Å². The largest absolute Gasteiger partial charge is 0.444 e. The van der Waals surface area contributed by atoms with E-state index in [9.17, 15) is 4.79 Å². The van der Waals surface area contributed by atoms with Crippen molar-refractivity contribution >= 4 is 34.5 Å². The predicted molar refractivity (Wildman–Crippen MR) is 82.2 cm³/mol. The standard InChI is InChI=1S/C13H18IN3O2/c1-13(2,3)19-12(18)17-7-10(8-17)16-11-5-4-9(14)6-15-11/h4-6,10H,7-8H2,1-3H3,(H,15,16). The second-order valence-corrected chi connectivity index (χ2v) is 6.83. The molecule has 0 unspecified atom stereocenters. The lowest BCUT2D eigenvalue weighted by Crippen LogP contribution is -2.58. The maximum absolute atomic E-state index is 11.7. The molecular weight excluding hydrogens is 357 g/mol. The van der Waals surface area contributed by atoms with Crippen LogP contribution in [0.3, 0.4) is 0 Å². The van der Waals surface area contributed by atoms with E-state index >= 15 is 0 Å². The molecule has 0 saturated carbocycles. The van der Waals surface area contributed by atoms with Crippen LogP contribution in [0.4, 0.5) is 10.6 Å². The number of nitrogens with zero attached hydrogens (tertiary/aromatic N) is 2. The van der Waals surface area contributed by atoms with Crippen LogP contribution < -0.4 is 5.32 Å². The maximum atomic E-state index is 11.7. The zero-order chi connectivity index (χ0) is 14.0. The fourth-order valence-electron chi connectivity index (χ4n) is 1.72. The zero-order valence-corrected chi connectivity index (χ0v) is 13.5. The molecule has 2 heterocycles. The Balaban J connectivity index is 1.77. The summed E-state index contributed by atoms with van der Waals surface area (Å²) >= 11 is 2.22. The van der Waals surface area contributed by atoms with Crippen LogP contribution in [-0.4, -0.2) is 40.7 Å². The number of hydrogen-bond donors (Lipinski definition) is 1. The van der Waals surface area contributed by atoms with Crippen molar-refractivity contribution in [2.75, 3.05) is 18.4 Å². The summed E-state index contributed by atoms with van der Waals surface area (Å²) in [6.07, 6.45) is 1.56. The van der Waals surface area contributed by atoms with Gasteiger partial charge in [0.05, 0.1) is 6.04 Å². The van der Waals surface area contributed by atoms with Crippen LogP contribution in [0.15, 0.2) is 18.3 Å². The number of carbonyl (C=O) groups is 1. The summed E-state index contributed by atoms with van der Waals surface area (Å²) in [6, 6.07) is 4.19. The van der Waals surface area contributed by atoms with E-state index in [2.05, 4.69) is 32.9 Å². The molecule has 0 spiro atoms. The molecule has 1 fully saturated rings. The summed E-state index contributed by atoms with van der Waals surface area (Å²) in [4.78, 5) is 17.7. The molecule has 2 rings (SSSR count). The molecule has 19 heavy (non-hydrogen) atoms. The Morgan fingerprint density at radius 3 is 2.68 bits per heavy atom. The Bertz CT molecular complexity index is 450. The van der Waals surface area contributed by atoms with E-state index in [-0.39, 0.29) is 12.1 Å². The highest BCUT2D eigenvalue weighted by atomic mass is 127. The second-order valence-electron chi connectivity index (χ2n) is 5.59. The number of hydrogen-bond acceptors (Lipinski definition) is 4. The Kier molecular flexibility index (Phi) is 4.17. The third-order valence-electron chi connectivity index (χ3n) is 2.61. The number of nitrogens with one attached hydrogen (secondary N) is 1. The molecule has 1 aliphatic rings. The second kappa shape index (κ2) is 5.52. The van der Waals surface area contributed by atoms with E-state index in [1.807, 2.05) is 39.1 Å². The average Bonchev–Trinajstić information content (AvgIpc) is 2.22. The Morgan fingerprint density at radius 2 is 2.16 bits per heavy atom. The van der Waals surface area contributed by atoms with Crippen LogP contribution in [0.1, 0.15) is 20.8 Å². The van der Waals surface area contributed by atoms with Gasteiger partial charge < -0.3 is 15.0 Å². The van der Waals surface area contributed by atoms with E-state index in [0.29, 0.717) is 13.1 Å². The quantitative estimate of drug-likeness (QED) is 0.808. The van der Waals surface area contributed by atoms with E-state index in [0.717, 1.165) is 9.39 Å². The average molecular weight is 375 g/mol. The van der Waals surface area contributed by atoms with Crippen LogP contribution in [0.25, 0.3) is 0 Å². The van der Waals surface area contributed by atoms with Crippen molar-refractivity contribution in [2.45, 2.75) is 32.4 Å². The van der Waals surface area contributed by atoms with Gasteiger partial charge in [-0.15, -0.1) is 0 Å². The van der Waals surface area contributed by atoms with Gasteiger partial charge in [0.1, 0.15) is 11.4 Å². The lowest BCUT2D eigenvalue weighted by atomic mass is 10.1. The minimum atomic E-state index is -0.437. The Labute approximate surface area is 126 Å². The number of aromatic nitrogens is 1. The maximum Gasteiger partial charge on any atom is 0.410 e. The smallest absolute Gasteiger partial charge is 0.410 e. The first-order valence-corrected chi connectivity index (χ1v) is 7.27. The van der Waals surface area contributed by atoms with Gasteiger partial charge in [-0.05, 0) is 55.5 Å². The monoisotopic (exact) mass is 375 g/mol. The van der Waals surface area contributed by atoms with Gasteiger partial charge in [0, 0.05) is 22.9 Å². The minimum absolute atomic E-state index is 0.249. The lowest BCUT2D eigenvalue weighted by Gasteiger charge is -2.40. The number of carbonyl (C=O) groups excluding carboxylic acids is 1. The molecular formula is C13H18IN3O2. The third-order valence-corrected chi connectivity index (χ3v) is 3.25. The fraction of sp³-hybridized carbons (Fsp3) is 0.538. The van der Waals surface area contributed by atoms with Crippen LogP contribution in [0.5, 0.6) is 0 Å². The molecule has 1 aromatic heterocycles. The highest BCUT2D eigenvalue weighted by molar-refractivity contribution is 14.1. The highest BCUT2D eigenvalue weighted by Gasteiger charge is 2.33. The van der Waals surface area contributed by atoms with Crippen LogP contribution in [0, 0.1) is 3.57 Å². The number of anilines is 1. The highest BCUT2D eigenvalue weighted by Crippen LogP contribution is 2.18. The lowest BCUT2D eigenvalue weighted by molar-refractivity contribution is 0.0104. The summed E-state index contributed by atoms with van der Waals surface area (Å²) < 4.78 is 6.40. The van der Waals surface area contributed by atoms with Crippen molar-refractivity contribution in [1.82, 2.24) is 9.88 Å². The number of ether oxygens (including phenoxy) is 1. The van der Waals surface area contributed by atoms with E-state index in [4.69, 9.17) is 4.74 Å². The molecule has 0 aromatic carbocycles. The summed E-state index contributed by atoms with van der Waals surface area (Å²) in [7, 11) is 0. The first kappa shape index (κ1) is 14.4. The molecule has 5 nitrogen and oxygen atoms in total. The molecule has 0 radical (unpaired) electrons. The Morgan fingerprint density at radius 1 is 1.47 bits per heavy atom. The molecule has 0 aliphatic carbocycles. The fourth-order valence-corrected chi connectivity index (χ4v) is 2.03. The third kappa shape index (κ3) is 4.22. The van der Waals surface area contributed by atoms with Crippen molar-refractivity contribution in [1.29, 1.82) is 0 Å². The molecule has 1 amide bonds. The molecule has 104 valence electrons. The predicted octanol–water partition coefficient (Wildman–Crippen LogP) is 2.72. The zero-order valence-electron chi connectivity index (χ0n) is 11.3. The van der Waals surface area contributed by atoms with Gasteiger partial charge in [0.2, 0.25) is 0 Å². The van der Waals surface area contributed by atoms with Crippen molar-refractivity contribution in [3.8, 4) is 0 Å². The number of likely N-dealkylation sites (tertiary alicyclic amines) is 1. The number of halogens is 1. The molecule has 1 N–H and O–H groups in total. The number of pyridine rings is 1. The summed E-state index contributed by atoms with van der Waals surface area (Å²) in [5.41, 5.74) is -0.437.